The van der Waals surface area contributed by atoms with Crippen LogP contribution in [0.5, 0.6) is 0 Å². The highest BCUT2D eigenvalue weighted by atomic mass is 32.1. The number of aromatic nitrogens is 6. The van der Waals surface area contributed by atoms with E-state index in [0.29, 0.717) is 59.1 Å². The van der Waals surface area contributed by atoms with Gasteiger partial charge in [0.05, 0.1) is 36.5 Å². The van der Waals surface area contributed by atoms with Gasteiger partial charge >= 0.3 is 0 Å². The summed E-state index contributed by atoms with van der Waals surface area (Å²) in [5.41, 5.74) is 5.51. The van der Waals surface area contributed by atoms with E-state index in [4.69, 9.17) is 9.72 Å². The van der Waals surface area contributed by atoms with Crippen LogP contribution in [0.1, 0.15) is 16.4 Å². The Labute approximate surface area is 280 Å². The lowest BCUT2D eigenvalue weighted by Crippen LogP contribution is -2.41. The van der Waals surface area contributed by atoms with Crippen molar-refractivity contribution in [2.75, 3.05) is 31.6 Å². The van der Waals surface area contributed by atoms with E-state index in [1.54, 1.807) is 11.1 Å². The van der Waals surface area contributed by atoms with Crippen LogP contribution in [-0.2, 0) is 11.3 Å². The van der Waals surface area contributed by atoms with E-state index < -0.39 is 0 Å². The van der Waals surface area contributed by atoms with Crippen LogP contribution < -0.4 is 21.0 Å². The predicted molar refractivity (Wildman–Crippen MR) is 185 cm³/mol. The summed E-state index contributed by atoms with van der Waals surface area (Å²) in [5, 5.41) is 7.17. The van der Waals surface area contributed by atoms with Crippen molar-refractivity contribution in [2.24, 2.45) is 0 Å². The number of amides is 1. The molecular weight excluding hydrogens is 649 g/mol. The van der Waals surface area contributed by atoms with Gasteiger partial charge in [0.25, 0.3) is 17.0 Å². The number of anilines is 1. The average molecular weight is 676 g/mol. The first-order valence-electron chi connectivity index (χ1n) is 15.2. The van der Waals surface area contributed by atoms with Crippen LogP contribution in [0.2, 0.25) is 0 Å². The summed E-state index contributed by atoms with van der Waals surface area (Å²) >= 11 is 2.65. The highest BCUT2D eigenvalue weighted by molar-refractivity contribution is 7.18. The Kier molecular flexibility index (Phi) is 7.80. The van der Waals surface area contributed by atoms with Crippen molar-refractivity contribution in [3.05, 3.63) is 116 Å². The highest BCUT2D eigenvalue weighted by Gasteiger charge is 2.25. The first kappa shape index (κ1) is 29.8. The Morgan fingerprint density at radius 1 is 0.875 bits per heavy atom. The Hall–Kier alpha value is -5.57. The number of nitrogens with zero attached hydrogens (tertiary/aromatic N) is 5. The van der Waals surface area contributed by atoms with Gasteiger partial charge in [0.2, 0.25) is 11.4 Å². The number of benzene rings is 1. The molecule has 7 heterocycles. The maximum absolute atomic E-state index is 13.2. The van der Waals surface area contributed by atoms with Crippen LogP contribution in [0, 0.1) is 0 Å². The first-order chi connectivity index (χ1) is 23.5. The van der Waals surface area contributed by atoms with Crippen molar-refractivity contribution in [3.8, 4) is 28.2 Å². The van der Waals surface area contributed by atoms with Gasteiger partial charge in [-0.1, -0.05) is 6.07 Å². The fourth-order valence-electron chi connectivity index (χ4n) is 5.70. The molecule has 7 aromatic rings. The SMILES string of the molecule is O=C(c1nc2c(-c3cccc[n+]3-c3ccc(NCc4nc5c(-c6ccccn6)csc5c(=O)[nH]4)cc3)csc2c(=O)[nH]1)N1CCOCC1. The zero-order chi connectivity index (χ0) is 32.6. The third-order valence-electron chi connectivity index (χ3n) is 8.09. The largest absolute Gasteiger partial charge is 0.378 e. The minimum Gasteiger partial charge on any atom is -0.378 e. The van der Waals surface area contributed by atoms with Gasteiger partial charge in [-0.05, 0) is 30.3 Å². The van der Waals surface area contributed by atoms with Crippen molar-refractivity contribution < 1.29 is 14.1 Å². The summed E-state index contributed by atoms with van der Waals surface area (Å²) in [5.74, 6) is 0.223. The van der Waals surface area contributed by atoms with E-state index in [2.05, 4.69) is 25.3 Å². The molecule has 1 aliphatic rings. The van der Waals surface area contributed by atoms with E-state index in [1.807, 2.05) is 82.2 Å². The number of H-pyrrole nitrogens is 2. The number of fused-ring (bicyclic) bond motifs is 2. The van der Waals surface area contributed by atoms with E-state index in [9.17, 15) is 14.4 Å². The number of aromatic amines is 2. The molecule has 1 saturated heterocycles. The molecule has 1 amide bonds. The number of carbonyl (C=O) groups excluding carboxylic acids is 1. The van der Waals surface area contributed by atoms with Crippen molar-refractivity contribution in [2.45, 2.75) is 6.54 Å². The van der Waals surface area contributed by atoms with Crippen LogP contribution in [0.3, 0.4) is 0 Å². The highest BCUT2D eigenvalue weighted by Crippen LogP contribution is 2.31. The lowest BCUT2D eigenvalue weighted by Gasteiger charge is -2.26. The third-order valence-corrected chi connectivity index (χ3v) is 10.0. The molecule has 0 spiro atoms. The topological polar surface area (TPSA) is 150 Å². The van der Waals surface area contributed by atoms with Gasteiger partial charge in [-0.15, -0.1) is 22.7 Å². The molecule has 0 radical (unpaired) electrons. The summed E-state index contributed by atoms with van der Waals surface area (Å²) < 4.78 is 8.40. The minimum atomic E-state index is -0.340. The van der Waals surface area contributed by atoms with Crippen molar-refractivity contribution in [1.29, 1.82) is 0 Å². The number of rotatable bonds is 7. The van der Waals surface area contributed by atoms with Gasteiger partial charge in [-0.25, -0.2) is 9.97 Å². The van der Waals surface area contributed by atoms with Gasteiger partial charge in [0, 0.05) is 65.6 Å². The maximum atomic E-state index is 13.2. The monoisotopic (exact) mass is 675 g/mol. The second kappa shape index (κ2) is 12.6. The molecule has 48 heavy (non-hydrogen) atoms. The van der Waals surface area contributed by atoms with E-state index in [-0.39, 0.29) is 22.9 Å². The van der Waals surface area contributed by atoms with Crippen LogP contribution in [0.15, 0.2) is 93.4 Å². The van der Waals surface area contributed by atoms with Crippen molar-refractivity contribution >= 4 is 54.7 Å². The quantitative estimate of drug-likeness (QED) is 0.211. The number of carbonyl (C=O) groups is 1. The van der Waals surface area contributed by atoms with E-state index >= 15 is 0 Å². The van der Waals surface area contributed by atoms with Gasteiger partial charge in [0.1, 0.15) is 20.7 Å². The minimum absolute atomic E-state index is 0.0221. The van der Waals surface area contributed by atoms with Gasteiger partial charge in [0.15, 0.2) is 12.0 Å². The molecule has 0 saturated carbocycles. The smallest absolute Gasteiger partial charge is 0.289 e. The molecule has 0 bridgehead atoms. The molecule has 1 aromatic carbocycles. The lowest BCUT2D eigenvalue weighted by molar-refractivity contribution is -0.583. The molecule has 14 heteroatoms. The Bertz CT molecular complexity index is 2410. The third kappa shape index (κ3) is 5.55. The maximum Gasteiger partial charge on any atom is 0.289 e. The molecule has 0 atom stereocenters. The molecule has 0 unspecified atom stereocenters. The predicted octanol–water partition coefficient (Wildman–Crippen LogP) is 4.37. The summed E-state index contributed by atoms with van der Waals surface area (Å²) in [7, 11) is 0. The number of ether oxygens (including phenoxy) is 1. The van der Waals surface area contributed by atoms with Gasteiger partial charge in [-0.3, -0.25) is 19.4 Å². The van der Waals surface area contributed by atoms with Crippen molar-refractivity contribution in [3.63, 3.8) is 0 Å². The number of thiophene rings is 2. The molecule has 238 valence electrons. The van der Waals surface area contributed by atoms with Gasteiger partial charge in [-0.2, -0.15) is 4.57 Å². The fraction of sp³-hybridized carbons (Fsp3) is 0.147. The zero-order valence-corrected chi connectivity index (χ0v) is 26.9. The summed E-state index contributed by atoms with van der Waals surface area (Å²) in [6.07, 6.45) is 3.67. The number of hydrogen-bond donors (Lipinski definition) is 3. The Morgan fingerprint density at radius 3 is 2.38 bits per heavy atom. The Morgan fingerprint density at radius 2 is 1.60 bits per heavy atom. The number of hydrogen-bond acceptors (Lipinski definition) is 10. The molecular formula is C34H27N8O4S2+. The van der Waals surface area contributed by atoms with Crippen LogP contribution >= 0.6 is 22.7 Å². The average Bonchev–Trinajstić information content (AvgIpc) is 3.77. The first-order valence-corrected chi connectivity index (χ1v) is 16.9. The van der Waals surface area contributed by atoms with E-state index in [0.717, 1.165) is 33.9 Å². The molecule has 0 aliphatic carbocycles. The second-order valence-corrected chi connectivity index (χ2v) is 12.8. The molecule has 12 nitrogen and oxygen atoms in total. The zero-order valence-electron chi connectivity index (χ0n) is 25.3. The summed E-state index contributed by atoms with van der Waals surface area (Å²) in [6, 6.07) is 19.3. The molecule has 1 fully saturated rings. The lowest BCUT2D eigenvalue weighted by atomic mass is 10.1. The summed E-state index contributed by atoms with van der Waals surface area (Å²) in [4.78, 5) is 60.1. The summed E-state index contributed by atoms with van der Waals surface area (Å²) in [6.45, 7) is 2.12. The van der Waals surface area contributed by atoms with Crippen LogP contribution in [-0.4, -0.2) is 62.0 Å². The van der Waals surface area contributed by atoms with Gasteiger partial charge < -0.3 is 24.9 Å². The van der Waals surface area contributed by atoms with Crippen molar-refractivity contribution in [1.82, 2.24) is 29.8 Å². The van der Waals surface area contributed by atoms with Crippen LogP contribution in [0.25, 0.3) is 48.6 Å². The Balaban J connectivity index is 1.06. The molecule has 3 N–H and O–H groups in total. The normalized spacial score (nSPS) is 13.3. The number of pyridine rings is 2. The fourth-order valence-corrected chi connectivity index (χ4v) is 7.49. The molecule has 8 rings (SSSR count). The second-order valence-electron chi connectivity index (χ2n) is 11.1. The molecule has 6 aromatic heterocycles. The number of morpholine rings is 1. The standard InChI is InChI=1S/C34H26N8O4S2/c43-32-29-27(22(18-47-29)24-5-1-3-11-35-24)37-26(38-32)17-36-20-7-9-21(10-8-20)42-12-4-2-6-25(42)23-19-48-30-28(23)39-31(40-33(30)44)34(45)41-13-15-46-16-14-41/h1-12,18-19,36H,13-17H2,(H-,37,38,39,40,43,44)/p+1. The number of nitrogens with one attached hydrogen (secondary N) is 3. The van der Waals surface area contributed by atoms with E-state index in [1.165, 1.54) is 22.7 Å². The van der Waals surface area contributed by atoms with Crippen LogP contribution in [0.4, 0.5) is 5.69 Å². The molecule has 1 aliphatic heterocycles.